The molecule has 0 unspecified atom stereocenters. The summed E-state index contributed by atoms with van der Waals surface area (Å²) in [6, 6.07) is 8.11. The van der Waals surface area contributed by atoms with Crippen LogP contribution in [-0.2, 0) is 0 Å². The maximum atomic E-state index is 13.3. The summed E-state index contributed by atoms with van der Waals surface area (Å²) in [6.45, 7) is 1.97. The summed E-state index contributed by atoms with van der Waals surface area (Å²) >= 11 is 5.70. The summed E-state index contributed by atoms with van der Waals surface area (Å²) in [7, 11) is 0. The molecule has 0 saturated heterocycles. The monoisotopic (exact) mass is 261 g/mol. The number of nitrogens with zero attached hydrogens (tertiary/aromatic N) is 3. The van der Waals surface area contributed by atoms with Crippen molar-refractivity contribution in [1.82, 2.24) is 14.8 Å². The van der Waals surface area contributed by atoms with Crippen LogP contribution < -0.4 is 0 Å². The lowest BCUT2D eigenvalue weighted by Crippen LogP contribution is -1.97. The maximum Gasteiger partial charge on any atom is 0.159 e. The molecule has 0 radical (unpaired) electrons. The Balaban J connectivity index is 2.28. The van der Waals surface area contributed by atoms with Gasteiger partial charge in [-0.1, -0.05) is 11.6 Å². The number of halogens is 2. The average molecular weight is 262 g/mol. The first-order valence-electron chi connectivity index (χ1n) is 5.42. The van der Waals surface area contributed by atoms with Gasteiger partial charge in [0.25, 0.3) is 0 Å². The van der Waals surface area contributed by atoms with Gasteiger partial charge in [-0.3, -0.25) is 4.57 Å². The Hall–Kier alpha value is -1.94. The Bertz CT molecular complexity index is 719. The molecule has 3 aromatic rings. The van der Waals surface area contributed by atoms with Crippen molar-refractivity contribution in [3.63, 3.8) is 0 Å². The summed E-state index contributed by atoms with van der Waals surface area (Å²) in [4.78, 5) is 0. The molecule has 0 aliphatic rings. The molecule has 0 aliphatic carbocycles. The van der Waals surface area contributed by atoms with E-state index in [1.54, 1.807) is 22.8 Å². The van der Waals surface area contributed by atoms with Gasteiger partial charge in [-0.05, 0) is 42.8 Å². The molecule has 0 N–H and O–H groups in total. The fourth-order valence-corrected chi connectivity index (χ4v) is 2.10. The molecule has 0 bridgehead atoms. The van der Waals surface area contributed by atoms with Gasteiger partial charge < -0.3 is 0 Å². The zero-order valence-electron chi connectivity index (χ0n) is 9.56. The molecule has 90 valence electrons. The van der Waals surface area contributed by atoms with Crippen LogP contribution in [0.2, 0.25) is 5.15 Å². The highest BCUT2D eigenvalue weighted by Crippen LogP contribution is 2.24. The molecule has 0 spiro atoms. The highest BCUT2D eigenvalue weighted by atomic mass is 35.5. The molecular formula is C13H9ClFN3. The zero-order chi connectivity index (χ0) is 12.7. The van der Waals surface area contributed by atoms with Crippen LogP contribution in [-0.4, -0.2) is 14.8 Å². The van der Waals surface area contributed by atoms with E-state index in [2.05, 4.69) is 10.2 Å². The molecule has 0 amide bonds. The van der Waals surface area contributed by atoms with Crippen LogP contribution in [0.5, 0.6) is 0 Å². The van der Waals surface area contributed by atoms with E-state index < -0.39 is 0 Å². The van der Waals surface area contributed by atoms with Crippen LogP contribution >= 0.6 is 11.6 Å². The van der Waals surface area contributed by atoms with E-state index in [0.29, 0.717) is 11.0 Å². The standard InChI is InChI=1S/C13H9ClFN3/c1-8-7-18(13-5-4-12(14)16-17-13)11-6-9(15)2-3-10(8)11/h2-7H,1H3. The number of rotatable bonds is 1. The van der Waals surface area contributed by atoms with Gasteiger partial charge in [0, 0.05) is 11.6 Å². The van der Waals surface area contributed by atoms with Crippen molar-refractivity contribution in [1.29, 1.82) is 0 Å². The van der Waals surface area contributed by atoms with Crippen molar-refractivity contribution in [2.24, 2.45) is 0 Å². The van der Waals surface area contributed by atoms with Crippen LogP contribution in [0.3, 0.4) is 0 Å². The zero-order valence-corrected chi connectivity index (χ0v) is 10.3. The van der Waals surface area contributed by atoms with Crippen molar-refractivity contribution in [2.45, 2.75) is 6.92 Å². The Morgan fingerprint density at radius 1 is 1.17 bits per heavy atom. The summed E-state index contributed by atoms with van der Waals surface area (Å²) in [5, 5.41) is 9.12. The van der Waals surface area contributed by atoms with E-state index in [-0.39, 0.29) is 5.82 Å². The minimum Gasteiger partial charge on any atom is -0.299 e. The van der Waals surface area contributed by atoms with Gasteiger partial charge in [0.2, 0.25) is 0 Å². The molecule has 0 saturated carbocycles. The second-order valence-electron chi connectivity index (χ2n) is 4.06. The quantitative estimate of drug-likeness (QED) is 0.671. The third-order valence-electron chi connectivity index (χ3n) is 2.83. The lowest BCUT2D eigenvalue weighted by molar-refractivity contribution is 0.629. The van der Waals surface area contributed by atoms with E-state index in [0.717, 1.165) is 16.5 Å². The molecule has 2 heterocycles. The van der Waals surface area contributed by atoms with Crippen LogP contribution in [0.1, 0.15) is 5.56 Å². The number of benzene rings is 1. The van der Waals surface area contributed by atoms with Gasteiger partial charge in [-0.25, -0.2) is 4.39 Å². The van der Waals surface area contributed by atoms with Gasteiger partial charge >= 0.3 is 0 Å². The minimum atomic E-state index is -0.274. The van der Waals surface area contributed by atoms with Crippen molar-refractivity contribution < 1.29 is 4.39 Å². The van der Waals surface area contributed by atoms with Gasteiger partial charge in [0.05, 0.1) is 5.52 Å². The summed E-state index contributed by atoms with van der Waals surface area (Å²) in [6.07, 6.45) is 1.90. The minimum absolute atomic E-state index is 0.274. The number of aromatic nitrogens is 3. The molecule has 0 aliphatic heterocycles. The van der Waals surface area contributed by atoms with Gasteiger partial charge in [0.15, 0.2) is 11.0 Å². The summed E-state index contributed by atoms with van der Waals surface area (Å²) in [5.41, 5.74) is 1.82. The van der Waals surface area contributed by atoms with E-state index in [9.17, 15) is 4.39 Å². The molecular weight excluding hydrogens is 253 g/mol. The smallest absolute Gasteiger partial charge is 0.159 e. The molecule has 3 rings (SSSR count). The number of hydrogen-bond donors (Lipinski definition) is 0. The maximum absolute atomic E-state index is 13.3. The Kier molecular flexibility index (Phi) is 2.52. The molecule has 18 heavy (non-hydrogen) atoms. The molecule has 3 nitrogen and oxygen atoms in total. The fraction of sp³-hybridized carbons (Fsp3) is 0.0769. The number of hydrogen-bond acceptors (Lipinski definition) is 2. The summed E-state index contributed by atoms with van der Waals surface area (Å²) < 4.78 is 15.1. The number of aryl methyl sites for hydroxylation is 1. The lowest BCUT2D eigenvalue weighted by atomic mass is 10.2. The van der Waals surface area contributed by atoms with E-state index in [1.807, 2.05) is 13.1 Å². The van der Waals surface area contributed by atoms with Crippen LogP contribution in [0.15, 0.2) is 36.5 Å². The second kappa shape index (κ2) is 4.07. The fourth-order valence-electron chi connectivity index (χ4n) is 2.00. The lowest BCUT2D eigenvalue weighted by Gasteiger charge is -2.03. The van der Waals surface area contributed by atoms with Gasteiger partial charge in [-0.2, -0.15) is 0 Å². The Morgan fingerprint density at radius 2 is 2.00 bits per heavy atom. The summed E-state index contributed by atoms with van der Waals surface area (Å²) in [5.74, 6) is 0.340. The van der Waals surface area contributed by atoms with Gasteiger partial charge in [0.1, 0.15) is 5.82 Å². The van der Waals surface area contributed by atoms with Gasteiger partial charge in [-0.15, -0.1) is 10.2 Å². The second-order valence-corrected chi connectivity index (χ2v) is 4.45. The normalized spacial score (nSPS) is 11.1. The topological polar surface area (TPSA) is 30.7 Å². The van der Waals surface area contributed by atoms with Crippen molar-refractivity contribution in [2.75, 3.05) is 0 Å². The van der Waals surface area contributed by atoms with Crippen LogP contribution in [0.25, 0.3) is 16.7 Å². The van der Waals surface area contributed by atoms with Crippen molar-refractivity contribution in [3.8, 4) is 5.82 Å². The Labute approximate surface area is 108 Å². The molecule has 2 aromatic heterocycles. The average Bonchev–Trinajstić information content (AvgIpc) is 2.67. The molecule has 5 heteroatoms. The third kappa shape index (κ3) is 1.75. The molecule has 1 aromatic carbocycles. The predicted octanol–water partition coefficient (Wildman–Crippen LogP) is 3.52. The first kappa shape index (κ1) is 11.2. The van der Waals surface area contributed by atoms with Crippen LogP contribution in [0.4, 0.5) is 4.39 Å². The highest BCUT2D eigenvalue weighted by molar-refractivity contribution is 6.29. The van der Waals surface area contributed by atoms with Crippen molar-refractivity contribution >= 4 is 22.5 Å². The number of fused-ring (bicyclic) bond motifs is 1. The van der Waals surface area contributed by atoms with E-state index >= 15 is 0 Å². The van der Waals surface area contributed by atoms with E-state index in [1.165, 1.54) is 12.1 Å². The predicted molar refractivity (Wildman–Crippen MR) is 68.6 cm³/mol. The SMILES string of the molecule is Cc1cn(-c2ccc(Cl)nn2)c2cc(F)ccc12. The largest absolute Gasteiger partial charge is 0.299 e. The first-order valence-corrected chi connectivity index (χ1v) is 5.80. The Morgan fingerprint density at radius 3 is 2.72 bits per heavy atom. The first-order chi connectivity index (χ1) is 8.65. The van der Waals surface area contributed by atoms with Crippen LogP contribution in [0, 0.1) is 12.7 Å². The third-order valence-corrected chi connectivity index (χ3v) is 3.03. The highest BCUT2D eigenvalue weighted by Gasteiger charge is 2.09. The van der Waals surface area contributed by atoms with E-state index in [4.69, 9.17) is 11.6 Å². The molecule has 0 fully saturated rings. The van der Waals surface area contributed by atoms with Crippen molar-refractivity contribution in [3.05, 3.63) is 53.1 Å². The molecule has 0 atom stereocenters.